The van der Waals surface area contributed by atoms with Crippen LogP contribution in [0.1, 0.15) is 18.4 Å². The Kier molecular flexibility index (Phi) is 4.07. The monoisotopic (exact) mass is 357 g/mol. The van der Waals surface area contributed by atoms with Gasteiger partial charge in [-0.15, -0.1) is 0 Å². The van der Waals surface area contributed by atoms with Gasteiger partial charge in [0.15, 0.2) is 0 Å². The summed E-state index contributed by atoms with van der Waals surface area (Å²) < 4.78 is 11.5. The second kappa shape index (κ2) is 5.81. The fraction of sp³-hybridized carbons (Fsp3) is 0.385. The van der Waals surface area contributed by atoms with E-state index < -0.39 is 0 Å². The van der Waals surface area contributed by atoms with E-state index in [-0.39, 0.29) is 12.1 Å². The van der Waals surface area contributed by atoms with Crippen LogP contribution < -0.4 is 5.32 Å². The van der Waals surface area contributed by atoms with Gasteiger partial charge in [0.2, 0.25) is 11.7 Å². The van der Waals surface area contributed by atoms with E-state index in [0.717, 1.165) is 23.0 Å². The lowest BCUT2D eigenvalue weighted by molar-refractivity contribution is 0.116. The van der Waals surface area contributed by atoms with Gasteiger partial charge in [0.25, 0.3) is 0 Å². The second-order valence-electron chi connectivity index (χ2n) is 4.64. The molecule has 2 aromatic rings. The Morgan fingerprint density at radius 3 is 3.05 bits per heavy atom. The lowest BCUT2D eigenvalue weighted by Crippen LogP contribution is -2.16. The van der Waals surface area contributed by atoms with Gasteiger partial charge in [0.1, 0.15) is 0 Å². The fourth-order valence-corrected chi connectivity index (χ4v) is 2.70. The van der Waals surface area contributed by atoms with Crippen LogP contribution in [0.2, 0.25) is 5.02 Å². The predicted molar refractivity (Wildman–Crippen MR) is 78.6 cm³/mol. The fourth-order valence-electron chi connectivity index (χ4n) is 2.20. The van der Waals surface area contributed by atoms with Crippen molar-refractivity contribution in [3.8, 4) is 11.4 Å². The van der Waals surface area contributed by atoms with E-state index >= 15 is 0 Å². The molecule has 0 bridgehead atoms. The maximum absolute atomic E-state index is 5.97. The minimum atomic E-state index is 0.0527. The Balaban J connectivity index is 1.81. The van der Waals surface area contributed by atoms with Crippen LogP contribution in [0.5, 0.6) is 0 Å². The van der Waals surface area contributed by atoms with Gasteiger partial charge in [-0.1, -0.05) is 16.8 Å². The molecule has 1 N–H and O–H groups in total. The molecular weight excluding hydrogens is 346 g/mol. The molecule has 0 spiro atoms. The van der Waals surface area contributed by atoms with Crippen LogP contribution in [0.4, 0.5) is 0 Å². The zero-order valence-electron chi connectivity index (χ0n) is 10.8. The summed E-state index contributed by atoms with van der Waals surface area (Å²) in [6.45, 7) is 0.797. The summed E-state index contributed by atoms with van der Waals surface area (Å²) in [5.41, 5.74) is 0.859. The van der Waals surface area contributed by atoms with E-state index in [1.165, 1.54) is 0 Å². The highest BCUT2D eigenvalue weighted by Gasteiger charge is 2.29. The number of hydrogen-bond donors (Lipinski definition) is 1. The summed E-state index contributed by atoms with van der Waals surface area (Å²) in [6.07, 6.45) is 1.03. The summed E-state index contributed by atoms with van der Waals surface area (Å²) in [7, 11) is 1.71. The molecule has 1 aromatic heterocycles. The van der Waals surface area contributed by atoms with Crippen molar-refractivity contribution in [1.82, 2.24) is 15.5 Å². The van der Waals surface area contributed by atoms with Gasteiger partial charge in [-0.25, -0.2) is 0 Å². The van der Waals surface area contributed by atoms with Crippen LogP contribution in [-0.2, 0) is 4.74 Å². The second-order valence-corrected chi connectivity index (χ2v) is 5.90. The first-order chi connectivity index (χ1) is 9.67. The third kappa shape index (κ3) is 2.74. The summed E-state index contributed by atoms with van der Waals surface area (Å²) in [4.78, 5) is 4.44. The smallest absolute Gasteiger partial charge is 0.244 e. The highest BCUT2D eigenvalue weighted by atomic mass is 79.9. The number of methoxy groups -OCH3 is 1. The topological polar surface area (TPSA) is 60.2 Å². The lowest BCUT2D eigenvalue weighted by atomic mass is 10.2. The Labute approximate surface area is 129 Å². The molecule has 2 atom stereocenters. The maximum atomic E-state index is 5.97. The maximum Gasteiger partial charge on any atom is 0.244 e. The Hall–Kier alpha value is -0.950. The van der Waals surface area contributed by atoms with E-state index in [0.29, 0.717) is 16.7 Å². The molecule has 106 valence electrons. The van der Waals surface area contributed by atoms with Crippen LogP contribution in [0.3, 0.4) is 0 Å². The molecule has 1 aromatic carbocycles. The zero-order valence-corrected chi connectivity index (χ0v) is 13.1. The number of benzene rings is 1. The van der Waals surface area contributed by atoms with Gasteiger partial charge in [0, 0.05) is 23.7 Å². The summed E-state index contributed by atoms with van der Waals surface area (Å²) in [5, 5.41) is 7.98. The van der Waals surface area contributed by atoms with Crippen LogP contribution in [-0.4, -0.2) is 29.9 Å². The van der Waals surface area contributed by atoms with E-state index in [9.17, 15) is 0 Å². The zero-order chi connectivity index (χ0) is 14.1. The molecule has 1 fully saturated rings. The van der Waals surface area contributed by atoms with Crippen molar-refractivity contribution in [3.05, 3.63) is 33.6 Å². The van der Waals surface area contributed by atoms with Gasteiger partial charge >= 0.3 is 0 Å². The van der Waals surface area contributed by atoms with Gasteiger partial charge in [-0.2, -0.15) is 4.98 Å². The molecule has 1 saturated heterocycles. The standard InChI is InChI=1S/C13H13BrClN3O2/c1-19-8-5-11(16-6-8)13-17-12(18-20-13)7-2-3-10(15)9(14)4-7/h2-4,8,11,16H,5-6H2,1H3/t8-,11+/m0/s1. The van der Waals surface area contributed by atoms with Crippen molar-refractivity contribution in [2.45, 2.75) is 18.6 Å². The van der Waals surface area contributed by atoms with Crippen LogP contribution >= 0.6 is 27.5 Å². The molecular formula is C13H13BrClN3O2. The summed E-state index contributed by atoms with van der Waals surface area (Å²) >= 11 is 9.36. The first-order valence-electron chi connectivity index (χ1n) is 6.22. The first-order valence-corrected chi connectivity index (χ1v) is 7.39. The van der Waals surface area contributed by atoms with Crippen LogP contribution in [0.25, 0.3) is 11.4 Å². The molecule has 5 nitrogen and oxygen atoms in total. The molecule has 7 heteroatoms. The lowest BCUT2D eigenvalue weighted by Gasteiger charge is -2.04. The highest BCUT2D eigenvalue weighted by Crippen LogP contribution is 2.29. The highest BCUT2D eigenvalue weighted by molar-refractivity contribution is 9.10. The van der Waals surface area contributed by atoms with Gasteiger partial charge in [-0.05, 0) is 40.5 Å². The molecule has 2 heterocycles. The molecule has 1 aliphatic rings. The number of nitrogens with zero attached hydrogens (tertiary/aromatic N) is 2. The number of halogens is 2. The largest absolute Gasteiger partial charge is 0.380 e. The average molecular weight is 359 g/mol. The summed E-state index contributed by atoms with van der Waals surface area (Å²) in [5.74, 6) is 1.14. The third-order valence-corrected chi connectivity index (χ3v) is 4.56. The number of ether oxygens (including phenoxy) is 1. The quantitative estimate of drug-likeness (QED) is 0.913. The van der Waals surface area contributed by atoms with Crippen molar-refractivity contribution in [2.75, 3.05) is 13.7 Å². The minimum absolute atomic E-state index is 0.0527. The summed E-state index contributed by atoms with van der Waals surface area (Å²) in [6, 6.07) is 5.59. The van der Waals surface area contributed by atoms with Crippen molar-refractivity contribution >= 4 is 27.5 Å². The van der Waals surface area contributed by atoms with Crippen molar-refractivity contribution in [3.63, 3.8) is 0 Å². The van der Waals surface area contributed by atoms with Crippen LogP contribution in [0, 0.1) is 0 Å². The van der Waals surface area contributed by atoms with Gasteiger partial charge in [-0.3, -0.25) is 0 Å². The molecule has 20 heavy (non-hydrogen) atoms. The van der Waals surface area contributed by atoms with Gasteiger partial charge < -0.3 is 14.6 Å². The van der Waals surface area contributed by atoms with E-state index in [1.54, 1.807) is 13.2 Å². The normalized spacial score (nSPS) is 22.4. The number of hydrogen-bond acceptors (Lipinski definition) is 5. The first kappa shape index (κ1) is 14.0. The van der Waals surface area contributed by atoms with E-state index in [1.807, 2.05) is 12.1 Å². The molecule has 3 rings (SSSR count). The van der Waals surface area contributed by atoms with Crippen molar-refractivity contribution in [2.24, 2.45) is 0 Å². The molecule has 0 saturated carbocycles. The van der Waals surface area contributed by atoms with Crippen molar-refractivity contribution in [1.29, 1.82) is 0 Å². The molecule has 0 aliphatic carbocycles. The molecule has 0 amide bonds. The van der Waals surface area contributed by atoms with Crippen LogP contribution in [0.15, 0.2) is 27.2 Å². The average Bonchev–Trinajstić information content (AvgIpc) is 3.09. The number of aromatic nitrogens is 2. The SMILES string of the molecule is CO[C@@H]1CN[C@@H](c2nc(-c3ccc(Cl)c(Br)c3)no2)C1. The minimum Gasteiger partial charge on any atom is -0.380 e. The number of nitrogens with one attached hydrogen (secondary N) is 1. The Morgan fingerprint density at radius 2 is 2.35 bits per heavy atom. The predicted octanol–water partition coefficient (Wildman–Crippen LogP) is 3.20. The third-order valence-electron chi connectivity index (χ3n) is 3.34. The Bertz CT molecular complexity index is 619. The Morgan fingerprint density at radius 1 is 1.50 bits per heavy atom. The van der Waals surface area contributed by atoms with E-state index in [4.69, 9.17) is 20.9 Å². The molecule has 0 unspecified atom stereocenters. The van der Waals surface area contributed by atoms with E-state index in [2.05, 4.69) is 31.4 Å². The van der Waals surface area contributed by atoms with Gasteiger partial charge in [0.05, 0.1) is 17.2 Å². The van der Waals surface area contributed by atoms with Crippen molar-refractivity contribution < 1.29 is 9.26 Å². The molecule has 0 radical (unpaired) electrons. The number of rotatable bonds is 3. The molecule has 1 aliphatic heterocycles.